The summed E-state index contributed by atoms with van der Waals surface area (Å²) in [6.45, 7) is 2.78. The van der Waals surface area contributed by atoms with Crippen molar-refractivity contribution in [2.45, 2.75) is 87.6 Å². The summed E-state index contributed by atoms with van der Waals surface area (Å²) >= 11 is 6.84. The summed E-state index contributed by atoms with van der Waals surface area (Å²) in [5.74, 6) is -3.88. The van der Waals surface area contributed by atoms with E-state index in [1.807, 2.05) is 4.90 Å². The predicted molar refractivity (Wildman–Crippen MR) is 169 cm³/mol. The third-order valence-corrected chi connectivity index (χ3v) is 12.1. The summed E-state index contributed by atoms with van der Waals surface area (Å²) in [6.07, 6.45) is -0.545. The Balaban J connectivity index is 1.22. The van der Waals surface area contributed by atoms with Gasteiger partial charge in [0.2, 0.25) is 0 Å². The van der Waals surface area contributed by atoms with E-state index in [0.29, 0.717) is 25.3 Å². The molecular formula is C33H34ClF6N7O2. The largest absolute Gasteiger partial charge is 0.489 e. The van der Waals surface area contributed by atoms with Crippen molar-refractivity contribution in [2.75, 3.05) is 43.5 Å². The highest BCUT2D eigenvalue weighted by Gasteiger charge is 2.77. The van der Waals surface area contributed by atoms with E-state index in [4.69, 9.17) is 31.8 Å². The molecule has 1 aliphatic carbocycles. The van der Waals surface area contributed by atoms with Crippen molar-refractivity contribution in [3.63, 3.8) is 0 Å². The van der Waals surface area contributed by atoms with Gasteiger partial charge in [-0.3, -0.25) is 4.90 Å². The second-order valence-corrected chi connectivity index (χ2v) is 15.2. The monoisotopic (exact) mass is 709 g/mol. The number of fused-ring (bicyclic) bond motifs is 6. The molecule has 49 heavy (non-hydrogen) atoms. The lowest BCUT2D eigenvalue weighted by atomic mass is 9.88. The van der Waals surface area contributed by atoms with Gasteiger partial charge in [-0.1, -0.05) is 18.0 Å². The van der Waals surface area contributed by atoms with Gasteiger partial charge < -0.3 is 25.4 Å². The molecule has 3 N–H and O–H groups in total. The zero-order valence-electron chi connectivity index (χ0n) is 26.6. The SMILES string of the molecule is Cc1cc(N)nc(-c2c(Cl)c3c4c(nc(OC[C@@]56CCCN5CC5(CC5(F)F)C6)nc4c2F)N2C[C@H]4CCC[C@H](N4)[C@H]2CO3)c1C(F)(F)F. The molecule has 7 heterocycles. The number of ether oxygens (including phenoxy) is 2. The Morgan fingerprint density at radius 3 is 2.71 bits per heavy atom. The number of nitrogens with two attached hydrogens (primary N) is 1. The van der Waals surface area contributed by atoms with Crippen LogP contribution in [0, 0.1) is 18.2 Å². The molecular weight excluding hydrogens is 676 g/mol. The first-order valence-electron chi connectivity index (χ1n) is 16.7. The molecule has 2 aromatic heterocycles. The van der Waals surface area contributed by atoms with E-state index in [1.54, 1.807) is 0 Å². The lowest BCUT2D eigenvalue weighted by Crippen LogP contribution is -2.65. The zero-order valence-corrected chi connectivity index (χ0v) is 27.3. The van der Waals surface area contributed by atoms with E-state index in [9.17, 15) is 22.0 Å². The summed E-state index contributed by atoms with van der Waals surface area (Å²) in [6, 6.07) is 0.737. The minimum absolute atomic E-state index is 0.00558. The van der Waals surface area contributed by atoms with Gasteiger partial charge in [-0.2, -0.15) is 23.1 Å². The van der Waals surface area contributed by atoms with Crippen LogP contribution in [0.25, 0.3) is 22.2 Å². The molecule has 5 aliphatic heterocycles. The quantitative estimate of drug-likeness (QED) is 0.310. The van der Waals surface area contributed by atoms with E-state index in [-0.39, 0.29) is 84.8 Å². The molecule has 9 rings (SSSR count). The lowest BCUT2D eigenvalue weighted by Gasteiger charge is -2.48. The van der Waals surface area contributed by atoms with Crippen molar-refractivity contribution in [1.29, 1.82) is 0 Å². The number of nitrogen functional groups attached to an aromatic ring is 1. The number of hydrogen-bond donors (Lipinski definition) is 2. The number of aromatic nitrogens is 3. The Labute approximate surface area is 282 Å². The fourth-order valence-corrected chi connectivity index (χ4v) is 9.77. The number of piperidine rings is 1. The molecule has 5 atom stereocenters. The molecule has 0 radical (unpaired) electrons. The number of alkyl halides is 5. The van der Waals surface area contributed by atoms with Gasteiger partial charge >= 0.3 is 12.2 Å². The topological polar surface area (TPSA) is 102 Å². The molecule has 6 aliphatic rings. The van der Waals surface area contributed by atoms with Crippen molar-refractivity contribution in [3.05, 3.63) is 28.0 Å². The Kier molecular flexibility index (Phi) is 6.71. The van der Waals surface area contributed by atoms with Crippen LogP contribution in [0.15, 0.2) is 6.07 Å². The van der Waals surface area contributed by atoms with Crippen molar-refractivity contribution in [3.8, 4) is 23.0 Å². The van der Waals surface area contributed by atoms with E-state index in [0.717, 1.165) is 31.7 Å². The normalized spacial score (nSPS) is 31.4. The van der Waals surface area contributed by atoms with Crippen molar-refractivity contribution >= 4 is 34.1 Å². The second-order valence-electron chi connectivity index (χ2n) is 14.8. The summed E-state index contributed by atoms with van der Waals surface area (Å²) in [4.78, 5) is 17.3. The Morgan fingerprint density at radius 1 is 1.16 bits per heavy atom. The molecule has 262 valence electrons. The maximum atomic E-state index is 17.0. The maximum absolute atomic E-state index is 17.0. The van der Waals surface area contributed by atoms with Crippen LogP contribution in [0.2, 0.25) is 5.02 Å². The summed E-state index contributed by atoms with van der Waals surface area (Å²) in [5.41, 5.74) is 0.979. The second kappa shape index (κ2) is 10.4. The maximum Gasteiger partial charge on any atom is 0.418 e. The Morgan fingerprint density at radius 2 is 1.96 bits per heavy atom. The number of anilines is 2. The third kappa shape index (κ3) is 4.63. The van der Waals surface area contributed by atoms with Gasteiger partial charge in [0.25, 0.3) is 5.92 Å². The average molecular weight is 710 g/mol. The van der Waals surface area contributed by atoms with Crippen LogP contribution >= 0.6 is 11.6 Å². The van der Waals surface area contributed by atoms with E-state index >= 15 is 4.39 Å². The van der Waals surface area contributed by atoms with Gasteiger partial charge in [0.05, 0.1) is 44.2 Å². The first-order chi connectivity index (χ1) is 23.2. The van der Waals surface area contributed by atoms with Crippen molar-refractivity contribution < 1.29 is 35.8 Å². The van der Waals surface area contributed by atoms with Crippen LogP contribution in [-0.4, -0.2) is 82.3 Å². The van der Waals surface area contributed by atoms with Crippen molar-refractivity contribution in [1.82, 2.24) is 25.2 Å². The average Bonchev–Trinajstić information content (AvgIpc) is 3.22. The summed E-state index contributed by atoms with van der Waals surface area (Å²) in [5, 5.41) is 3.36. The number of hydrogen-bond acceptors (Lipinski definition) is 9. The van der Waals surface area contributed by atoms with Crippen LogP contribution in [0.5, 0.6) is 11.8 Å². The molecule has 1 aromatic carbocycles. The van der Waals surface area contributed by atoms with Crippen LogP contribution < -0.4 is 25.4 Å². The molecule has 16 heteroatoms. The number of pyridine rings is 1. The van der Waals surface area contributed by atoms with Gasteiger partial charge in [-0.25, -0.2) is 18.2 Å². The minimum Gasteiger partial charge on any atom is -0.489 e. The highest BCUT2D eigenvalue weighted by Crippen LogP contribution is 2.69. The van der Waals surface area contributed by atoms with Crippen LogP contribution in [0.3, 0.4) is 0 Å². The number of aryl methyl sites for hydroxylation is 1. The zero-order chi connectivity index (χ0) is 34.2. The Bertz CT molecular complexity index is 1910. The first kappa shape index (κ1) is 31.7. The van der Waals surface area contributed by atoms with E-state index in [2.05, 4.69) is 20.2 Å². The number of nitrogens with one attached hydrogen (secondary N) is 1. The number of benzene rings is 1. The fraction of sp³-hybridized carbons (Fsp3) is 0.606. The molecule has 9 nitrogen and oxygen atoms in total. The molecule has 0 amide bonds. The highest BCUT2D eigenvalue weighted by molar-refractivity contribution is 6.36. The molecule has 2 bridgehead atoms. The number of rotatable bonds is 4. The third-order valence-electron chi connectivity index (χ3n) is 11.8. The van der Waals surface area contributed by atoms with Gasteiger partial charge in [0.1, 0.15) is 30.4 Å². The van der Waals surface area contributed by atoms with Gasteiger partial charge in [-0.15, -0.1) is 0 Å². The molecule has 1 unspecified atom stereocenters. The summed E-state index contributed by atoms with van der Waals surface area (Å²) in [7, 11) is 0. The minimum atomic E-state index is -4.92. The number of halogens is 7. The van der Waals surface area contributed by atoms with E-state index in [1.165, 1.54) is 6.92 Å². The predicted octanol–water partition coefficient (Wildman–Crippen LogP) is 6.13. The highest BCUT2D eigenvalue weighted by atomic mass is 35.5. The number of nitrogens with zero attached hydrogens (tertiary/aromatic N) is 5. The fourth-order valence-electron chi connectivity index (χ4n) is 9.45. The molecule has 1 spiro atoms. The molecule has 3 aromatic rings. The van der Waals surface area contributed by atoms with Crippen LogP contribution in [0.1, 0.15) is 56.1 Å². The van der Waals surface area contributed by atoms with Crippen molar-refractivity contribution in [2.24, 2.45) is 5.41 Å². The van der Waals surface area contributed by atoms with Crippen LogP contribution in [-0.2, 0) is 6.18 Å². The van der Waals surface area contributed by atoms with Crippen LogP contribution in [0.4, 0.5) is 38.0 Å². The van der Waals surface area contributed by atoms with E-state index < -0.39 is 50.7 Å². The molecule has 1 saturated carbocycles. The standard InChI is InChI=1S/C33H34ClF6N7O2/c1-15-8-19(41)43-25(22(15)33(38,39)40)20-23(34)27-21-26(24(20)35)44-29(45-28(21)47-9-16-4-2-5-17(42-16)18(47)10-48-27)49-14-31-6-3-7-46(31)13-30(11-31)12-32(30,36)37/h8,16-18,42H,2-7,9-14H2,1H3,(H2,41,43)/t16-,17+,18-,30?,31+/m1/s1. The summed E-state index contributed by atoms with van der Waals surface area (Å²) < 4.78 is 102. The lowest BCUT2D eigenvalue weighted by molar-refractivity contribution is -0.137. The van der Waals surface area contributed by atoms with Gasteiger partial charge in [-0.05, 0) is 57.2 Å². The first-order valence-corrected chi connectivity index (χ1v) is 17.1. The van der Waals surface area contributed by atoms with Gasteiger partial charge in [0, 0.05) is 31.6 Å². The molecule has 5 fully saturated rings. The van der Waals surface area contributed by atoms with Gasteiger partial charge in [0.15, 0.2) is 11.6 Å². The number of piperazine rings is 1. The Hall–Kier alpha value is -3.30. The molecule has 4 saturated heterocycles. The smallest absolute Gasteiger partial charge is 0.418 e.